The van der Waals surface area contributed by atoms with Gasteiger partial charge in [0.2, 0.25) is 0 Å². The quantitative estimate of drug-likeness (QED) is 0.365. The summed E-state index contributed by atoms with van der Waals surface area (Å²) in [6.45, 7) is 5.89. The molecule has 0 aromatic heterocycles. The summed E-state index contributed by atoms with van der Waals surface area (Å²) in [4.78, 5) is 28.7. The Balaban J connectivity index is 0.000000913. The summed E-state index contributed by atoms with van der Waals surface area (Å²) in [5.41, 5.74) is 3.05. The van der Waals surface area contributed by atoms with E-state index in [9.17, 15) is 4.79 Å². The predicted molar refractivity (Wildman–Crippen MR) is 118 cm³/mol. The number of methoxy groups -OCH3 is 1. The molecule has 0 fully saturated rings. The molecule has 6 nitrogen and oxygen atoms in total. The third-order valence-corrected chi connectivity index (χ3v) is 4.70. The van der Waals surface area contributed by atoms with E-state index in [0.29, 0.717) is 22.8 Å². The first-order chi connectivity index (χ1) is 15.5. The number of hydrogen-bond donors (Lipinski definition) is 0. The summed E-state index contributed by atoms with van der Waals surface area (Å²) in [5, 5.41) is 1.73. The first kappa shape index (κ1) is 22.3. The van der Waals surface area contributed by atoms with Gasteiger partial charge in [-0.25, -0.2) is 4.79 Å². The fraction of sp³-hybridized carbons (Fsp3) is 0.0769. The molecule has 1 heterocycles. The summed E-state index contributed by atoms with van der Waals surface area (Å²) in [5.74, 6) is 1.61. The van der Waals surface area contributed by atoms with E-state index >= 15 is 0 Å². The van der Waals surface area contributed by atoms with Gasteiger partial charge in [-0.2, -0.15) is 9.59 Å². The summed E-state index contributed by atoms with van der Waals surface area (Å²) < 4.78 is 16.8. The van der Waals surface area contributed by atoms with Crippen LogP contribution in [0.3, 0.4) is 0 Å². The molecular formula is C26H20O6. The largest absolute Gasteiger partial charge is 0.465 e. The zero-order chi connectivity index (χ0) is 23.1. The van der Waals surface area contributed by atoms with Crippen molar-refractivity contribution in [3.8, 4) is 17.2 Å². The van der Waals surface area contributed by atoms with Crippen LogP contribution >= 0.6 is 0 Å². The summed E-state index contributed by atoms with van der Waals surface area (Å²) in [7, 11) is 1.38. The van der Waals surface area contributed by atoms with Gasteiger partial charge in [0.1, 0.15) is 17.2 Å². The van der Waals surface area contributed by atoms with E-state index in [1.54, 1.807) is 12.3 Å². The molecule has 4 rings (SSSR count). The number of rotatable bonds is 4. The Morgan fingerprint density at radius 2 is 1.75 bits per heavy atom. The van der Waals surface area contributed by atoms with E-state index in [0.717, 1.165) is 27.1 Å². The monoisotopic (exact) mass is 428 g/mol. The van der Waals surface area contributed by atoms with Crippen LogP contribution in [0.25, 0.3) is 12.2 Å². The van der Waals surface area contributed by atoms with Gasteiger partial charge < -0.3 is 14.2 Å². The van der Waals surface area contributed by atoms with Gasteiger partial charge in [-0.3, -0.25) is 0 Å². The van der Waals surface area contributed by atoms with Crippen molar-refractivity contribution >= 4 is 24.3 Å². The molecule has 3 aromatic carbocycles. The van der Waals surface area contributed by atoms with Gasteiger partial charge >= 0.3 is 12.1 Å². The SMILES string of the molecule is C=c1ccc2c(c1)Oc1cc(O/C=C/C)ccc1C=2c1ccccc1C(=O)OC.O=C=O. The second-order valence-electron chi connectivity index (χ2n) is 6.67. The van der Waals surface area contributed by atoms with Gasteiger partial charge in [0, 0.05) is 22.4 Å². The maximum absolute atomic E-state index is 12.4. The summed E-state index contributed by atoms with van der Waals surface area (Å²) in [6.07, 6.45) is 3.68. The molecule has 0 spiro atoms. The third-order valence-electron chi connectivity index (χ3n) is 4.70. The van der Waals surface area contributed by atoms with Crippen molar-refractivity contribution in [2.75, 3.05) is 7.11 Å². The molecule has 0 amide bonds. The van der Waals surface area contributed by atoms with Crippen LogP contribution in [0.5, 0.6) is 17.2 Å². The van der Waals surface area contributed by atoms with Crippen molar-refractivity contribution in [2.45, 2.75) is 6.92 Å². The van der Waals surface area contributed by atoms with Gasteiger partial charge in [-0.15, -0.1) is 0 Å². The van der Waals surface area contributed by atoms with Crippen LogP contribution in [-0.4, -0.2) is 19.2 Å². The van der Waals surface area contributed by atoms with Crippen LogP contribution in [0.2, 0.25) is 0 Å². The molecular weight excluding hydrogens is 408 g/mol. The van der Waals surface area contributed by atoms with Gasteiger partial charge in [0.15, 0.2) is 0 Å². The lowest BCUT2D eigenvalue weighted by molar-refractivity contribution is -0.191. The molecule has 0 bridgehead atoms. The fourth-order valence-electron chi connectivity index (χ4n) is 3.41. The molecule has 1 aliphatic heterocycles. The minimum Gasteiger partial charge on any atom is -0.465 e. The highest BCUT2D eigenvalue weighted by Gasteiger charge is 2.24. The highest BCUT2D eigenvalue weighted by molar-refractivity contribution is 5.99. The first-order valence-corrected chi connectivity index (χ1v) is 9.64. The fourth-order valence-corrected chi connectivity index (χ4v) is 3.41. The number of ether oxygens (including phenoxy) is 3. The molecule has 0 saturated heterocycles. The van der Waals surface area contributed by atoms with E-state index in [1.807, 2.05) is 67.6 Å². The minimum absolute atomic E-state index is 0.250. The average Bonchev–Trinajstić information content (AvgIpc) is 2.81. The molecule has 0 radical (unpaired) electrons. The van der Waals surface area contributed by atoms with Crippen LogP contribution < -0.4 is 19.9 Å². The molecule has 32 heavy (non-hydrogen) atoms. The van der Waals surface area contributed by atoms with E-state index < -0.39 is 0 Å². The topological polar surface area (TPSA) is 78.9 Å². The lowest BCUT2D eigenvalue weighted by atomic mass is 9.89. The Kier molecular flexibility index (Phi) is 7.01. The number of carbonyl (C=O) groups excluding carboxylic acids is 3. The van der Waals surface area contributed by atoms with E-state index in [1.165, 1.54) is 7.11 Å². The molecule has 6 heteroatoms. The molecule has 1 aliphatic rings. The second-order valence-corrected chi connectivity index (χ2v) is 6.67. The molecule has 0 saturated carbocycles. The Morgan fingerprint density at radius 3 is 2.47 bits per heavy atom. The maximum atomic E-state index is 12.4. The highest BCUT2D eigenvalue weighted by atomic mass is 16.5. The zero-order valence-electron chi connectivity index (χ0n) is 17.6. The molecule has 160 valence electrons. The number of esters is 1. The van der Waals surface area contributed by atoms with Gasteiger partial charge in [0.05, 0.1) is 18.9 Å². The van der Waals surface area contributed by atoms with Crippen molar-refractivity contribution in [2.24, 2.45) is 0 Å². The number of hydrogen-bond acceptors (Lipinski definition) is 6. The minimum atomic E-state index is -0.385. The van der Waals surface area contributed by atoms with Crippen LogP contribution in [0.4, 0.5) is 0 Å². The summed E-state index contributed by atoms with van der Waals surface area (Å²) in [6, 6.07) is 18.9. The molecule has 0 aliphatic carbocycles. The average molecular weight is 428 g/mol. The Bertz CT molecular complexity index is 1330. The second kappa shape index (κ2) is 10.1. The van der Waals surface area contributed by atoms with Gasteiger partial charge in [-0.1, -0.05) is 43.0 Å². The Hall–Kier alpha value is -4.41. The van der Waals surface area contributed by atoms with Gasteiger partial charge in [0.25, 0.3) is 0 Å². The van der Waals surface area contributed by atoms with Crippen LogP contribution in [0.1, 0.15) is 28.4 Å². The molecule has 3 aromatic rings. The predicted octanol–water partition coefficient (Wildman–Crippen LogP) is 3.57. The number of carbonyl (C=O) groups is 1. The van der Waals surface area contributed by atoms with Crippen molar-refractivity contribution in [3.05, 3.63) is 100 Å². The number of fused-ring (bicyclic) bond motifs is 2. The Morgan fingerprint density at radius 1 is 1.00 bits per heavy atom. The van der Waals surface area contributed by atoms with Crippen LogP contribution in [-0.2, 0) is 14.3 Å². The van der Waals surface area contributed by atoms with Crippen LogP contribution in [0, 0.1) is 0 Å². The normalized spacial score (nSPS) is 11.2. The van der Waals surface area contributed by atoms with Crippen molar-refractivity contribution < 1.29 is 28.6 Å². The summed E-state index contributed by atoms with van der Waals surface area (Å²) >= 11 is 0. The zero-order valence-corrected chi connectivity index (χ0v) is 17.6. The third kappa shape index (κ3) is 4.51. The lowest BCUT2D eigenvalue weighted by Gasteiger charge is -2.22. The molecule has 0 atom stereocenters. The van der Waals surface area contributed by atoms with Crippen molar-refractivity contribution in [1.29, 1.82) is 0 Å². The van der Waals surface area contributed by atoms with Crippen LogP contribution in [0.15, 0.2) is 73.0 Å². The van der Waals surface area contributed by atoms with E-state index in [4.69, 9.17) is 23.8 Å². The highest BCUT2D eigenvalue weighted by Crippen LogP contribution is 2.39. The maximum Gasteiger partial charge on any atom is 0.373 e. The molecule has 0 unspecified atom stereocenters. The Labute approximate surface area is 184 Å². The van der Waals surface area contributed by atoms with Crippen molar-refractivity contribution in [1.82, 2.24) is 0 Å². The van der Waals surface area contributed by atoms with Gasteiger partial charge in [-0.05, 0) is 42.0 Å². The van der Waals surface area contributed by atoms with Crippen molar-refractivity contribution in [3.63, 3.8) is 0 Å². The van der Waals surface area contributed by atoms with E-state index in [-0.39, 0.29) is 12.1 Å². The lowest BCUT2D eigenvalue weighted by Crippen LogP contribution is -2.20. The van der Waals surface area contributed by atoms with E-state index in [2.05, 4.69) is 6.58 Å². The smallest absolute Gasteiger partial charge is 0.373 e. The number of benzene rings is 3. The number of allylic oxidation sites excluding steroid dienone is 1. The molecule has 0 N–H and O–H groups in total. The first-order valence-electron chi connectivity index (χ1n) is 9.64. The standard InChI is InChI=1S/C25H20O4.CO2/c1-4-13-28-17-10-12-21-23(15-17)29-22-14-16(2)9-11-20(22)24(21)18-7-5-6-8-19(18)25(26)27-3;2-1-3/h4-15H,2H2,1,3H3;/b13-4+;.